The van der Waals surface area contributed by atoms with E-state index in [-0.39, 0.29) is 11.1 Å². The summed E-state index contributed by atoms with van der Waals surface area (Å²) in [6.45, 7) is 14.6. The summed E-state index contributed by atoms with van der Waals surface area (Å²) < 4.78 is 15.6. The van der Waals surface area contributed by atoms with Gasteiger partial charge < -0.3 is 13.9 Å². The average Bonchev–Trinajstić information content (AvgIpc) is 2.43. The molecule has 0 aromatic carbocycles. The Morgan fingerprint density at radius 3 is 1.86 bits per heavy atom. The first kappa shape index (κ1) is 20.9. The van der Waals surface area contributed by atoms with Crippen LogP contribution < -0.4 is 0 Å². The average molecular weight is 330 g/mol. The first-order chi connectivity index (χ1) is 10.00. The van der Waals surface area contributed by atoms with Gasteiger partial charge in [0.05, 0.1) is 20.3 Å². The monoisotopic (exact) mass is 330 g/mol. The third-order valence-corrected chi connectivity index (χ3v) is 8.73. The Balaban J connectivity index is 4.84. The van der Waals surface area contributed by atoms with Crippen molar-refractivity contribution in [3.8, 4) is 0 Å². The highest BCUT2D eigenvalue weighted by molar-refractivity contribution is 6.74. The zero-order valence-electron chi connectivity index (χ0n) is 14.9. The molecule has 0 radical (unpaired) electrons. The Labute approximate surface area is 135 Å². The molecule has 0 aliphatic heterocycles. The predicted octanol–water partition coefficient (Wildman–Crippen LogP) is 3.31. The highest BCUT2D eigenvalue weighted by atomic mass is 28.4. The van der Waals surface area contributed by atoms with Crippen LogP contribution in [0.4, 0.5) is 0 Å². The molecule has 0 amide bonds. The normalized spacial score (nSPS) is 13.6. The number of methoxy groups -OCH3 is 2. The summed E-state index contributed by atoms with van der Waals surface area (Å²) in [6.07, 6.45) is 2.36. The standard InChI is InChI=1S/C16H30O5Si/c1-9-12(21-22(7,8)16(2,3)4)10-11-13(14(17)19-5)15(18)20-6/h9,12-13H,1,10-11H2,2-8H3. The molecule has 5 nitrogen and oxygen atoms in total. The third kappa shape index (κ3) is 5.92. The zero-order valence-corrected chi connectivity index (χ0v) is 15.9. The SMILES string of the molecule is C=CC(CCC(C(=O)OC)C(=O)OC)O[Si](C)(C)C(C)(C)C. The van der Waals surface area contributed by atoms with Gasteiger partial charge in [-0.15, -0.1) is 6.58 Å². The molecule has 0 rings (SSSR count). The number of esters is 2. The van der Waals surface area contributed by atoms with Crippen molar-refractivity contribution in [2.24, 2.45) is 5.92 Å². The maximum Gasteiger partial charge on any atom is 0.320 e. The van der Waals surface area contributed by atoms with Gasteiger partial charge in [-0.3, -0.25) is 9.59 Å². The molecule has 0 heterocycles. The second-order valence-electron chi connectivity index (χ2n) is 6.83. The van der Waals surface area contributed by atoms with Crippen LogP contribution in [0.1, 0.15) is 33.6 Å². The van der Waals surface area contributed by atoms with E-state index >= 15 is 0 Å². The van der Waals surface area contributed by atoms with E-state index < -0.39 is 26.2 Å². The number of carbonyl (C=O) groups excluding carboxylic acids is 2. The van der Waals surface area contributed by atoms with Crippen molar-refractivity contribution in [2.75, 3.05) is 14.2 Å². The molecule has 0 bridgehead atoms. The van der Waals surface area contributed by atoms with Crippen LogP contribution in [-0.2, 0) is 23.5 Å². The Kier molecular flexibility index (Phi) is 8.04. The van der Waals surface area contributed by atoms with E-state index in [0.717, 1.165) is 0 Å². The van der Waals surface area contributed by atoms with Gasteiger partial charge in [-0.05, 0) is 31.0 Å². The second-order valence-corrected chi connectivity index (χ2v) is 11.6. The summed E-state index contributed by atoms with van der Waals surface area (Å²) in [5, 5.41) is 0.0817. The third-order valence-electron chi connectivity index (χ3n) is 4.23. The molecule has 0 saturated carbocycles. The molecule has 0 aliphatic carbocycles. The zero-order chi connectivity index (χ0) is 17.6. The van der Waals surface area contributed by atoms with Gasteiger partial charge in [-0.1, -0.05) is 26.8 Å². The molecule has 0 fully saturated rings. The lowest BCUT2D eigenvalue weighted by Gasteiger charge is -2.38. The van der Waals surface area contributed by atoms with Crippen LogP contribution in [0.5, 0.6) is 0 Å². The van der Waals surface area contributed by atoms with Crippen LogP contribution in [0.2, 0.25) is 18.1 Å². The molecule has 0 aromatic heterocycles. The number of ether oxygens (including phenoxy) is 2. The Hall–Kier alpha value is -1.14. The quantitative estimate of drug-likeness (QED) is 0.296. The molecule has 22 heavy (non-hydrogen) atoms. The Morgan fingerprint density at radius 2 is 1.55 bits per heavy atom. The Bertz CT molecular complexity index is 382. The lowest BCUT2D eigenvalue weighted by Crippen LogP contribution is -2.43. The molecule has 0 N–H and O–H groups in total. The van der Waals surface area contributed by atoms with Crippen molar-refractivity contribution < 1.29 is 23.5 Å². The van der Waals surface area contributed by atoms with Crippen molar-refractivity contribution >= 4 is 20.3 Å². The van der Waals surface area contributed by atoms with E-state index in [9.17, 15) is 9.59 Å². The molecule has 0 spiro atoms. The van der Waals surface area contributed by atoms with Gasteiger partial charge in [0, 0.05) is 0 Å². The molecule has 1 atom stereocenters. The van der Waals surface area contributed by atoms with Crippen molar-refractivity contribution in [1.29, 1.82) is 0 Å². The number of rotatable bonds is 8. The van der Waals surface area contributed by atoms with Gasteiger partial charge in [-0.2, -0.15) is 0 Å². The van der Waals surface area contributed by atoms with E-state index in [2.05, 4.69) is 49.9 Å². The molecule has 128 valence electrons. The molecular weight excluding hydrogens is 300 g/mol. The van der Waals surface area contributed by atoms with E-state index in [0.29, 0.717) is 12.8 Å². The van der Waals surface area contributed by atoms with Crippen LogP contribution in [0, 0.1) is 5.92 Å². The fourth-order valence-electron chi connectivity index (χ4n) is 1.73. The summed E-state index contributed by atoms with van der Waals surface area (Å²) in [5.41, 5.74) is 0. The summed E-state index contributed by atoms with van der Waals surface area (Å²) in [6, 6.07) is 0. The highest BCUT2D eigenvalue weighted by Gasteiger charge is 2.39. The first-order valence-electron chi connectivity index (χ1n) is 7.46. The maximum atomic E-state index is 11.7. The molecule has 0 aromatic rings. The van der Waals surface area contributed by atoms with Crippen LogP contribution in [-0.4, -0.2) is 40.6 Å². The minimum atomic E-state index is -1.94. The summed E-state index contributed by atoms with van der Waals surface area (Å²) >= 11 is 0. The van der Waals surface area contributed by atoms with E-state index in [1.165, 1.54) is 14.2 Å². The molecule has 6 heteroatoms. The van der Waals surface area contributed by atoms with Gasteiger partial charge in [0.1, 0.15) is 0 Å². The van der Waals surface area contributed by atoms with Gasteiger partial charge in [-0.25, -0.2) is 0 Å². The van der Waals surface area contributed by atoms with E-state index in [1.54, 1.807) is 6.08 Å². The topological polar surface area (TPSA) is 61.8 Å². The number of hydrogen-bond acceptors (Lipinski definition) is 5. The lowest BCUT2D eigenvalue weighted by molar-refractivity contribution is -0.159. The summed E-state index contributed by atoms with van der Waals surface area (Å²) in [7, 11) is 0.583. The van der Waals surface area contributed by atoms with Crippen LogP contribution in [0.25, 0.3) is 0 Å². The van der Waals surface area contributed by atoms with Gasteiger partial charge in [0.2, 0.25) is 0 Å². The molecule has 0 aliphatic rings. The van der Waals surface area contributed by atoms with Crippen LogP contribution in [0.3, 0.4) is 0 Å². The van der Waals surface area contributed by atoms with Crippen molar-refractivity contribution in [2.45, 2.75) is 57.8 Å². The fourth-order valence-corrected chi connectivity index (χ4v) is 3.05. The minimum Gasteiger partial charge on any atom is -0.468 e. The first-order valence-corrected chi connectivity index (χ1v) is 10.4. The Morgan fingerprint density at radius 1 is 1.09 bits per heavy atom. The predicted molar refractivity (Wildman–Crippen MR) is 89.0 cm³/mol. The highest BCUT2D eigenvalue weighted by Crippen LogP contribution is 2.38. The lowest BCUT2D eigenvalue weighted by atomic mass is 10.0. The van der Waals surface area contributed by atoms with Crippen LogP contribution >= 0.6 is 0 Å². The second kappa shape index (κ2) is 8.48. The number of hydrogen-bond donors (Lipinski definition) is 0. The molecule has 1 unspecified atom stereocenters. The summed E-state index contributed by atoms with van der Waals surface area (Å²) in [4.78, 5) is 23.4. The largest absolute Gasteiger partial charge is 0.468 e. The fraction of sp³-hybridized carbons (Fsp3) is 0.750. The van der Waals surface area contributed by atoms with Crippen LogP contribution in [0.15, 0.2) is 12.7 Å². The minimum absolute atomic E-state index is 0.0817. The molecular formula is C16H30O5Si. The van der Waals surface area contributed by atoms with Crippen molar-refractivity contribution in [1.82, 2.24) is 0 Å². The van der Waals surface area contributed by atoms with E-state index in [4.69, 9.17) is 4.43 Å². The van der Waals surface area contributed by atoms with Gasteiger partial charge in [0.25, 0.3) is 0 Å². The van der Waals surface area contributed by atoms with Gasteiger partial charge >= 0.3 is 11.9 Å². The van der Waals surface area contributed by atoms with Crippen molar-refractivity contribution in [3.63, 3.8) is 0 Å². The maximum absolute atomic E-state index is 11.7. The molecule has 0 saturated heterocycles. The van der Waals surface area contributed by atoms with Gasteiger partial charge in [0.15, 0.2) is 14.2 Å². The summed E-state index contributed by atoms with van der Waals surface area (Å²) in [5.74, 6) is -2.08. The van der Waals surface area contributed by atoms with Crippen molar-refractivity contribution in [3.05, 3.63) is 12.7 Å². The number of carbonyl (C=O) groups is 2. The smallest absolute Gasteiger partial charge is 0.320 e. The van der Waals surface area contributed by atoms with E-state index in [1.807, 2.05) is 0 Å².